The summed E-state index contributed by atoms with van der Waals surface area (Å²) in [5.74, 6) is -0.926. The maximum Gasteiger partial charge on any atom is 0.332 e. The highest BCUT2D eigenvalue weighted by Crippen LogP contribution is 2.44. The standard InChI is InChI=1S/C18H15NO5/c1-11(20)19-13-4-2-12(3-5-13)18(9-8-17(23)24-18)15-10-14(21)6-7-16(15)22/h2-10,21-22H,1H3,(H,19,20). The van der Waals surface area contributed by atoms with Gasteiger partial charge in [0.1, 0.15) is 11.5 Å². The number of hydrogen-bond donors (Lipinski definition) is 3. The van der Waals surface area contributed by atoms with Crippen LogP contribution in [0.2, 0.25) is 0 Å². The van der Waals surface area contributed by atoms with E-state index in [2.05, 4.69) is 5.32 Å². The van der Waals surface area contributed by atoms with E-state index in [4.69, 9.17) is 4.74 Å². The largest absolute Gasteiger partial charge is 0.508 e. The Hall–Kier alpha value is -3.28. The molecular formula is C18H15NO5. The number of aromatic hydroxyl groups is 2. The van der Waals surface area contributed by atoms with Gasteiger partial charge in [0, 0.05) is 29.8 Å². The Bertz CT molecular complexity index is 841. The smallest absolute Gasteiger partial charge is 0.332 e. The lowest BCUT2D eigenvalue weighted by molar-refractivity contribution is -0.143. The molecule has 6 nitrogen and oxygen atoms in total. The second-order valence-electron chi connectivity index (χ2n) is 5.45. The molecule has 1 atom stereocenters. The maximum atomic E-state index is 11.7. The molecule has 0 spiro atoms. The summed E-state index contributed by atoms with van der Waals surface area (Å²) < 4.78 is 5.47. The molecule has 1 amide bonds. The number of phenolic OH excluding ortho intramolecular Hbond substituents is 2. The zero-order valence-corrected chi connectivity index (χ0v) is 12.8. The van der Waals surface area contributed by atoms with Gasteiger partial charge in [0.05, 0.1) is 0 Å². The van der Waals surface area contributed by atoms with Crippen molar-refractivity contribution in [2.75, 3.05) is 5.32 Å². The fourth-order valence-corrected chi connectivity index (χ4v) is 2.69. The van der Waals surface area contributed by atoms with E-state index in [0.29, 0.717) is 11.3 Å². The summed E-state index contributed by atoms with van der Waals surface area (Å²) in [5.41, 5.74) is 0.0700. The van der Waals surface area contributed by atoms with Gasteiger partial charge in [0.25, 0.3) is 0 Å². The molecule has 0 bridgehead atoms. The third-order valence-corrected chi connectivity index (χ3v) is 3.73. The van der Waals surface area contributed by atoms with Crippen LogP contribution in [0.5, 0.6) is 11.5 Å². The Morgan fingerprint density at radius 2 is 1.83 bits per heavy atom. The topological polar surface area (TPSA) is 95.9 Å². The molecule has 3 N–H and O–H groups in total. The molecule has 0 aromatic heterocycles. The number of ether oxygens (including phenoxy) is 1. The van der Waals surface area contributed by atoms with Gasteiger partial charge in [-0.25, -0.2) is 4.79 Å². The molecule has 24 heavy (non-hydrogen) atoms. The molecule has 1 unspecified atom stereocenters. The van der Waals surface area contributed by atoms with Gasteiger partial charge in [-0.2, -0.15) is 0 Å². The summed E-state index contributed by atoms with van der Waals surface area (Å²) in [7, 11) is 0. The van der Waals surface area contributed by atoms with E-state index >= 15 is 0 Å². The van der Waals surface area contributed by atoms with Crippen LogP contribution in [-0.2, 0) is 19.9 Å². The zero-order valence-electron chi connectivity index (χ0n) is 12.8. The number of phenols is 2. The Balaban J connectivity index is 2.10. The molecule has 0 saturated carbocycles. The summed E-state index contributed by atoms with van der Waals surface area (Å²) in [5, 5.41) is 22.6. The molecule has 2 aromatic rings. The lowest BCUT2D eigenvalue weighted by Crippen LogP contribution is -2.27. The summed E-state index contributed by atoms with van der Waals surface area (Å²) in [6.45, 7) is 1.40. The summed E-state index contributed by atoms with van der Waals surface area (Å²) in [6.07, 6.45) is 2.79. The van der Waals surface area contributed by atoms with Crippen molar-refractivity contribution in [3.63, 3.8) is 0 Å². The number of cyclic esters (lactones) is 1. The molecule has 0 saturated heterocycles. The number of anilines is 1. The van der Waals surface area contributed by atoms with Crippen LogP contribution in [0.4, 0.5) is 5.69 Å². The molecule has 1 aliphatic heterocycles. The lowest BCUT2D eigenvalue weighted by Gasteiger charge is -2.28. The Labute approximate surface area is 138 Å². The number of carbonyl (C=O) groups is 2. The molecule has 6 heteroatoms. The average molecular weight is 325 g/mol. The highest BCUT2D eigenvalue weighted by Gasteiger charge is 2.41. The number of amides is 1. The summed E-state index contributed by atoms with van der Waals surface area (Å²) in [4.78, 5) is 22.8. The summed E-state index contributed by atoms with van der Waals surface area (Å²) in [6, 6.07) is 10.7. The van der Waals surface area contributed by atoms with Crippen molar-refractivity contribution in [1.82, 2.24) is 0 Å². The molecule has 0 radical (unpaired) electrons. The fourth-order valence-electron chi connectivity index (χ4n) is 2.69. The van der Waals surface area contributed by atoms with E-state index in [1.165, 1.54) is 37.3 Å². The van der Waals surface area contributed by atoms with Crippen LogP contribution >= 0.6 is 0 Å². The molecule has 2 aromatic carbocycles. The number of carbonyl (C=O) groups excluding carboxylic acids is 2. The van der Waals surface area contributed by atoms with Crippen LogP contribution in [-0.4, -0.2) is 22.1 Å². The van der Waals surface area contributed by atoms with Crippen molar-refractivity contribution in [2.24, 2.45) is 0 Å². The Kier molecular flexibility index (Phi) is 3.73. The van der Waals surface area contributed by atoms with E-state index in [1.807, 2.05) is 0 Å². The van der Waals surface area contributed by atoms with Crippen LogP contribution in [0.15, 0.2) is 54.6 Å². The van der Waals surface area contributed by atoms with Crippen LogP contribution in [0.3, 0.4) is 0 Å². The highest BCUT2D eigenvalue weighted by molar-refractivity contribution is 5.89. The van der Waals surface area contributed by atoms with Crippen molar-refractivity contribution in [3.05, 3.63) is 65.7 Å². The first-order chi connectivity index (χ1) is 11.4. The minimum absolute atomic E-state index is 0.0617. The Morgan fingerprint density at radius 3 is 2.42 bits per heavy atom. The molecule has 0 fully saturated rings. The number of benzene rings is 2. The fraction of sp³-hybridized carbons (Fsp3) is 0.111. The van der Waals surface area contributed by atoms with Gasteiger partial charge in [-0.05, 0) is 36.4 Å². The van der Waals surface area contributed by atoms with Gasteiger partial charge >= 0.3 is 5.97 Å². The second kappa shape index (κ2) is 5.73. The zero-order chi connectivity index (χ0) is 17.3. The third kappa shape index (κ3) is 2.69. The van der Waals surface area contributed by atoms with E-state index in [9.17, 15) is 19.8 Å². The molecule has 1 aliphatic rings. The normalized spacial score (nSPS) is 19.1. The van der Waals surface area contributed by atoms with Crippen LogP contribution in [0.1, 0.15) is 18.1 Å². The van der Waals surface area contributed by atoms with E-state index in [-0.39, 0.29) is 23.0 Å². The number of nitrogens with one attached hydrogen (secondary N) is 1. The van der Waals surface area contributed by atoms with Gasteiger partial charge in [0.15, 0.2) is 5.60 Å². The summed E-state index contributed by atoms with van der Waals surface area (Å²) >= 11 is 0. The monoisotopic (exact) mass is 325 g/mol. The highest BCUT2D eigenvalue weighted by atomic mass is 16.6. The molecule has 1 heterocycles. The van der Waals surface area contributed by atoms with Crippen molar-refractivity contribution in [1.29, 1.82) is 0 Å². The first-order valence-corrected chi connectivity index (χ1v) is 7.23. The third-order valence-electron chi connectivity index (χ3n) is 3.73. The van der Waals surface area contributed by atoms with Crippen LogP contribution in [0.25, 0.3) is 0 Å². The van der Waals surface area contributed by atoms with Gasteiger partial charge in [0.2, 0.25) is 5.91 Å². The van der Waals surface area contributed by atoms with E-state index < -0.39 is 11.6 Å². The van der Waals surface area contributed by atoms with Crippen molar-refractivity contribution < 1.29 is 24.5 Å². The van der Waals surface area contributed by atoms with Crippen molar-refractivity contribution >= 4 is 17.6 Å². The second-order valence-corrected chi connectivity index (χ2v) is 5.45. The first kappa shape index (κ1) is 15.6. The first-order valence-electron chi connectivity index (χ1n) is 7.23. The lowest BCUT2D eigenvalue weighted by atomic mass is 9.85. The molecule has 0 aliphatic carbocycles. The number of esters is 1. The van der Waals surface area contributed by atoms with Gasteiger partial charge in [-0.15, -0.1) is 0 Å². The van der Waals surface area contributed by atoms with Crippen LogP contribution < -0.4 is 5.32 Å². The molecule has 3 rings (SSSR count). The minimum Gasteiger partial charge on any atom is -0.508 e. The van der Waals surface area contributed by atoms with Crippen molar-refractivity contribution in [3.8, 4) is 11.5 Å². The van der Waals surface area contributed by atoms with E-state index in [0.717, 1.165) is 0 Å². The molecular weight excluding hydrogens is 310 g/mol. The quantitative estimate of drug-likeness (QED) is 0.595. The van der Waals surface area contributed by atoms with E-state index in [1.54, 1.807) is 24.3 Å². The number of hydrogen-bond acceptors (Lipinski definition) is 5. The predicted molar refractivity (Wildman–Crippen MR) is 86.5 cm³/mol. The maximum absolute atomic E-state index is 11.7. The van der Waals surface area contributed by atoms with Crippen molar-refractivity contribution in [2.45, 2.75) is 12.5 Å². The average Bonchev–Trinajstić information content (AvgIpc) is 2.93. The van der Waals surface area contributed by atoms with Gasteiger partial charge < -0.3 is 20.3 Å². The SMILES string of the molecule is CC(=O)Nc1ccc(C2(c3cc(O)ccc3O)C=CC(=O)O2)cc1. The van der Waals surface area contributed by atoms with Crippen LogP contribution in [0, 0.1) is 0 Å². The number of rotatable bonds is 3. The molecule has 122 valence electrons. The van der Waals surface area contributed by atoms with Gasteiger partial charge in [-0.3, -0.25) is 4.79 Å². The predicted octanol–water partition coefficient (Wildman–Crippen LogP) is 2.41. The van der Waals surface area contributed by atoms with Gasteiger partial charge in [-0.1, -0.05) is 12.1 Å². The minimum atomic E-state index is -1.34. The Morgan fingerprint density at radius 1 is 1.12 bits per heavy atom.